The van der Waals surface area contributed by atoms with E-state index in [1.54, 1.807) is 0 Å². The Morgan fingerprint density at radius 1 is 0.460 bits per heavy atom. The van der Waals surface area contributed by atoms with E-state index in [9.17, 15) is 0 Å². The fourth-order valence-electron chi connectivity index (χ4n) is 7.28. The molecule has 0 aliphatic heterocycles. The van der Waals surface area contributed by atoms with Crippen LogP contribution in [0.15, 0.2) is 172 Å². The third-order valence-corrected chi connectivity index (χ3v) is 11.6. The maximum absolute atomic E-state index is 3.93. The molecule has 0 spiro atoms. The minimum Gasteiger partial charge on any atom is -0.135 e. The molecule has 7 rings (SSSR count). The van der Waals surface area contributed by atoms with Crippen molar-refractivity contribution in [1.29, 1.82) is 0 Å². The minimum absolute atomic E-state index is 0.0980. The second kappa shape index (κ2) is 13.9. The lowest BCUT2D eigenvalue weighted by atomic mass is 9.81. The number of thiophene rings is 1. The van der Waals surface area contributed by atoms with Crippen LogP contribution in [0.1, 0.15) is 36.1 Å². The molecular formula is C49H44S. The monoisotopic (exact) mass is 664 g/mol. The van der Waals surface area contributed by atoms with Crippen LogP contribution in [0, 0.1) is 11.8 Å². The van der Waals surface area contributed by atoms with Crippen molar-refractivity contribution in [3.63, 3.8) is 0 Å². The van der Waals surface area contributed by atoms with Gasteiger partial charge in [0.05, 0.1) is 0 Å². The topological polar surface area (TPSA) is 0 Å². The molecule has 0 fully saturated rings. The van der Waals surface area contributed by atoms with Crippen molar-refractivity contribution < 1.29 is 0 Å². The number of hydrogen-bond acceptors (Lipinski definition) is 1. The summed E-state index contributed by atoms with van der Waals surface area (Å²) in [5, 5.41) is 0. The van der Waals surface area contributed by atoms with Gasteiger partial charge in [0.1, 0.15) is 0 Å². The molecule has 1 aliphatic carbocycles. The highest BCUT2D eigenvalue weighted by molar-refractivity contribution is 7.18. The number of benzene rings is 5. The smallest absolute Gasteiger partial charge is 0.0349 e. The van der Waals surface area contributed by atoms with Gasteiger partial charge in [-0.25, -0.2) is 0 Å². The molecule has 1 heterocycles. The van der Waals surface area contributed by atoms with Gasteiger partial charge in [-0.05, 0) is 116 Å². The second-order valence-electron chi connectivity index (χ2n) is 14.0. The molecule has 1 aliphatic rings. The Kier molecular flexibility index (Phi) is 9.27. The molecule has 246 valence electrons. The van der Waals surface area contributed by atoms with Crippen molar-refractivity contribution in [3.8, 4) is 54.3 Å². The predicted molar refractivity (Wildman–Crippen MR) is 219 cm³/mol. The van der Waals surface area contributed by atoms with Crippen LogP contribution in [0.5, 0.6) is 0 Å². The number of rotatable bonds is 12. The van der Waals surface area contributed by atoms with E-state index in [0.717, 1.165) is 12.8 Å². The van der Waals surface area contributed by atoms with Gasteiger partial charge in [0, 0.05) is 15.2 Å². The molecular weight excluding hydrogens is 621 g/mol. The molecule has 1 aromatic heterocycles. The van der Waals surface area contributed by atoms with Gasteiger partial charge in [-0.15, -0.1) is 37.7 Å². The molecule has 50 heavy (non-hydrogen) atoms. The normalized spacial score (nSPS) is 12.8. The van der Waals surface area contributed by atoms with Crippen LogP contribution >= 0.6 is 11.3 Å². The summed E-state index contributed by atoms with van der Waals surface area (Å²) < 4.78 is 0. The molecule has 0 saturated heterocycles. The molecule has 0 radical (unpaired) electrons. The van der Waals surface area contributed by atoms with Crippen molar-refractivity contribution in [2.45, 2.75) is 32.1 Å². The van der Waals surface area contributed by atoms with Gasteiger partial charge in [0.25, 0.3) is 0 Å². The first-order valence-corrected chi connectivity index (χ1v) is 18.3. The Hall–Kier alpha value is -5.24. The highest BCUT2D eigenvalue weighted by Gasteiger charge is 2.36. The molecule has 0 N–H and O–H groups in total. The quantitative estimate of drug-likeness (QED) is 0.114. The fourth-order valence-corrected chi connectivity index (χ4v) is 8.29. The zero-order valence-corrected chi connectivity index (χ0v) is 30.0. The largest absolute Gasteiger partial charge is 0.135 e. The summed E-state index contributed by atoms with van der Waals surface area (Å²) in [6, 6.07) is 45.4. The SMILES string of the molecule is C=CC(C=C)Cc1ccc(-c2ccc(-c3ccc4c(c3)C(C)(C)c3cc(-c5ccc(-c6ccc(CC(C=C)C=C)cc6)s5)ccc3-4)cc2)cc1. The van der Waals surface area contributed by atoms with Crippen LogP contribution in [-0.4, -0.2) is 0 Å². The Morgan fingerprint density at radius 2 is 0.820 bits per heavy atom. The molecule has 0 atom stereocenters. The highest BCUT2D eigenvalue weighted by Crippen LogP contribution is 2.51. The van der Waals surface area contributed by atoms with E-state index in [-0.39, 0.29) is 5.41 Å². The van der Waals surface area contributed by atoms with E-state index < -0.39 is 0 Å². The van der Waals surface area contributed by atoms with E-state index >= 15 is 0 Å². The summed E-state index contributed by atoms with van der Waals surface area (Å²) in [5.41, 5.74) is 15.5. The molecule has 0 amide bonds. The van der Waals surface area contributed by atoms with E-state index in [1.807, 2.05) is 35.6 Å². The van der Waals surface area contributed by atoms with E-state index in [1.165, 1.54) is 76.5 Å². The number of fused-ring (bicyclic) bond motifs is 3. The standard InChI is InChI=1S/C49H44S/c1-7-33(8-2)29-35-11-15-37(16-12-35)38-19-21-39(22-20-38)41-23-25-43-44-26-24-42(32-46(44)49(5,6)45(43)31-41)48-28-27-47(50-48)40-17-13-36(14-18-40)30-34(9-3)10-4/h7-28,31-34H,1-4,29-30H2,5-6H3. The Labute approximate surface area is 302 Å². The van der Waals surface area contributed by atoms with Crippen molar-refractivity contribution in [2.75, 3.05) is 0 Å². The molecule has 0 saturated carbocycles. The maximum atomic E-state index is 3.93. The molecule has 0 nitrogen and oxygen atoms in total. The van der Waals surface area contributed by atoms with Crippen LogP contribution in [0.4, 0.5) is 0 Å². The first kappa shape index (κ1) is 33.3. The van der Waals surface area contributed by atoms with Crippen LogP contribution in [0.25, 0.3) is 54.3 Å². The highest BCUT2D eigenvalue weighted by atomic mass is 32.1. The van der Waals surface area contributed by atoms with Gasteiger partial charge >= 0.3 is 0 Å². The van der Waals surface area contributed by atoms with E-state index in [4.69, 9.17) is 0 Å². The van der Waals surface area contributed by atoms with Gasteiger partial charge < -0.3 is 0 Å². The lowest BCUT2D eigenvalue weighted by molar-refractivity contribution is 0.661. The van der Waals surface area contributed by atoms with Crippen molar-refractivity contribution in [1.82, 2.24) is 0 Å². The fraction of sp³-hybridized carbons (Fsp3) is 0.143. The molecule has 0 bridgehead atoms. The van der Waals surface area contributed by atoms with Gasteiger partial charge in [-0.2, -0.15) is 0 Å². The van der Waals surface area contributed by atoms with Crippen LogP contribution in [-0.2, 0) is 18.3 Å². The van der Waals surface area contributed by atoms with Crippen LogP contribution in [0.3, 0.4) is 0 Å². The van der Waals surface area contributed by atoms with Crippen molar-refractivity contribution >= 4 is 11.3 Å². The molecule has 6 aromatic rings. The molecule has 1 heteroatoms. The van der Waals surface area contributed by atoms with Gasteiger partial charge in [0.15, 0.2) is 0 Å². The van der Waals surface area contributed by atoms with Crippen molar-refractivity contribution in [3.05, 3.63) is 194 Å². The van der Waals surface area contributed by atoms with Gasteiger partial charge in [0.2, 0.25) is 0 Å². The molecule has 0 unspecified atom stereocenters. The Bertz CT molecular complexity index is 2170. The Morgan fingerprint density at radius 3 is 1.30 bits per heavy atom. The van der Waals surface area contributed by atoms with E-state index in [2.05, 4.69) is 161 Å². The first-order valence-electron chi connectivity index (χ1n) is 17.5. The maximum Gasteiger partial charge on any atom is 0.0349 e. The summed E-state index contributed by atoms with van der Waals surface area (Å²) in [5.74, 6) is 0.603. The third-order valence-electron chi connectivity index (χ3n) is 10.5. The van der Waals surface area contributed by atoms with Crippen molar-refractivity contribution in [2.24, 2.45) is 11.8 Å². The lowest BCUT2D eigenvalue weighted by Gasteiger charge is -2.22. The van der Waals surface area contributed by atoms with Gasteiger partial charge in [-0.3, -0.25) is 0 Å². The Balaban J connectivity index is 1.09. The summed E-state index contributed by atoms with van der Waals surface area (Å²) in [6.07, 6.45) is 9.72. The average molecular weight is 665 g/mol. The molecule has 5 aromatic carbocycles. The van der Waals surface area contributed by atoms with Crippen LogP contribution in [0.2, 0.25) is 0 Å². The predicted octanol–water partition coefficient (Wildman–Crippen LogP) is 13.8. The summed E-state index contributed by atoms with van der Waals surface area (Å²) in [6.45, 7) is 20.5. The summed E-state index contributed by atoms with van der Waals surface area (Å²) in [4.78, 5) is 2.58. The summed E-state index contributed by atoms with van der Waals surface area (Å²) in [7, 11) is 0. The number of allylic oxidation sites excluding steroid dienone is 4. The first-order chi connectivity index (χ1) is 24.3. The van der Waals surface area contributed by atoms with Crippen LogP contribution < -0.4 is 0 Å². The minimum atomic E-state index is -0.0980. The second-order valence-corrected chi connectivity index (χ2v) is 15.0. The zero-order chi connectivity index (χ0) is 34.8. The third kappa shape index (κ3) is 6.42. The zero-order valence-electron chi connectivity index (χ0n) is 29.2. The lowest BCUT2D eigenvalue weighted by Crippen LogP contribution is -2.15. The number of hydrogen-bond donors (Lipinski definition) is 0. The van der Waals surface area contributed by atoms with Gasteiger partial charge in [-0.1, -0.05) is 135 Å². The summed E-state index contributed by atoms with van der Waals surface area (Å²) >= 11 is 1.86. The average Bonchev–Trinajstić information content (AvgIpc) is 3.74. The van der Waals surface area contributed by atoms with E-state index in [0.29, 0.717) is 11.8 Å².